The van der Waals surface area contributed by atoms with Gasteiger partial charge in [-0.15, -0.1) is 0 Å². The standard InChI is InChI=1S/C31H48O6/c1-17-8-11-31(26(36)37-7)13-12-29(5)19(23(31)18(17)2)14-20(33)24-27(3)15-21(34)25(35)28(4,16-32)22(27)9-10-30(24,29)6/h14,17-18,21-25,32,34-35H,8-13,15-16H2,1-7H3. The number of hydrogen-bond donors (Lipinski definition) is 3. The maximum absolute atomic E-state index is 14.4. The van der Waals surface area contributed by atoms with Crippen molar-refractivity contribution in [2.75, 3.05) is 13.7 Å². The van der Waals surface area contributed by atoms with Crippen LogP contribution in [0.4, 0.5) is 0 Å². The Morgan fingerprint density at radius 1 is 1.05 bits per heavy atom. The zero-order valence-electron chi connectivity index (χ0n) is 23.8. The summed E-state index contributed by atoms with van der Waals surface area (Å²) in [6.45, 7) is 12.9. The third-order valence-electron chi connectivity index (χ3n) is 13.4. The van der Waals surface area contributed by atoms with E-state index in [4.69, 9.17) is 4.74 Å². The van der Waals surface area contributed by atoms with Crippen molar-refractivity contribution in [3.8, 4) is 0 Å². The van der Waals surface area contributed by atoms with Crippen LogP contribution in [0.2, 0.25) is 0 Å². The van der Waals surface area contributed by atoms with Crippen LogP contribution in [0.5, 0.6) is 0 Å². The molecule has 3 N–H and O–H groups in total. The molecule has 0 radical (unpaired) electrons. The molecular formula is C31H48O6. The molecule has 208 valence electrons. The van der Waals surface area contributed by atoms with Crippen molar-refractivity contribution in [2.24, 2.45) is 56.7 Å². The van der Waals surface area contributed by atoms with Gasteiger partial charge in [0.15, 0.2) is 5.78 Å². The quantitative estimate of drug-likeness (QED) is 0.473. The van der Waals surface area contributed by atoms with Gasteiger partial charge >= 0.3 is 5.97 Å². The van der Waals surface area contributed by atoms with Gasteiger partial charge in [0.25, 0.3) is 0 Å². The molecule has 0 saturated heterocycles. The second kappa shape index (κ2) is 8.38. The van der Waals surface area contributed by atoms with Crippen LogP contribution in [0.25, 0.3) is 0 Å². The van der Waals surface area contributed by atoms with Gasteiger partial charge in [-0.2, -0.15) is 0 Å². The van der Waals surface area contributed by atoms with Gasteiger partial charge in [-0.1, -0.05) is 47.1 Å². The van der Waals surface area contributed by atoms with Gasteiger partial charge in [-0.05, 0) is 90.9 Å². The Morgan fingerprint density at radius 3 is 2.35 bits per heavy atom. The molecule has 12 atom stereocenters. The third-order valence-corrected chi connectivity index (χ3v) is 13.4. The molecule has 0 aromatic heterocycles. The molecule has 0 spiro atoms. The molecule has 5 rings (SSSR count). The Balaban J connectivity index is 1.67. The Bertz CT molecular complexity index is 1020. The molecule has 4 saturated carbocycles. The summed E-state index contributed by atoms with van der Waals surface area (Å²) < 4.78 is 5.42. The first kappa shape index (κ1) is 27.3. The highest BCUT2D eigenvalue weighted by molar-refractivity contribution is 5.96. The van der Waals surface area contributed by atoms with Crippen LogP contribution in [0.1, 0.15) is 86.5 Å². The van der Waals surface area contributed by atoms with E-state index < -0.39 is 28.5 Å². The number of allylic oxidation sites excluding steroid dienone is 2. The molecule has 12 unspecified atom stereocenters. The van der Waals surface area contributed by atoms with E-state index in [9.17, 15) is 24.9 Å². The van der Waals surface area contributed by atoms with E-state index in [1.807, 2.05) is 13.0 Å². The number of esters is 1. The molecule has 6 heteroatoms. The lowest BCUT2D eigenvalue weighted by molar-refractivity contribution is -0.239. The van der Waals surface area contributed by atoms with Gasteiger partial charge in [0.05, 0.1) is 31.3 Å². The summed E-state index contributed by atoms with van der Waals surface area (Å²) in [5.41, 5.74) is -1.44. The maximum atomic E-state index is 14.4. The first-order valence-corrected chi connectivity index (χ1v) is 14.5. The number of aliphatic hydroxyl groups is 3. The van der Waals surface area contributed by atoms with Gasteiger partial charge in [-0.25, -0.2) is 0 Å². The van der Waals surface area contributed by atoms with Crippen molar-refractivity contribution in [1.29, 1.82) is 0 Å². The van der Waals surface area contributed by atoms with Crippen LogP contribution in [0.3, 0.4) is 0 Å². The number of ether oxygens (including phenoxy) is 1. The smallest absolute Gasteiger partial charge is 0.312 e. The summed E-state index contributed by atoms with van der Waals surface area (Å²) in [4.78, 5) is 27.8. The summed E-state index contributed by atoms with van der Waals surface area (Å²) in [6.07, 6.45) is 5.25. The summed E-state index contributed by atoms with van der Waals surface area (Å²) in [7, 11) is 1.49. The van der Waals surface area contributed by atoms with Gasteiger partial charge in [0, 0.05) is 11.3 Å². The number of methoxy groups -OCH3 is 1. The normalized spacial score (nSPS) is 55.2. The highest BCUT2D eigenvalue weighted by Crippen LogP contribution is 2.75. The average Bonchev–Trinajstić information content (AvgIpc) is 2.85. The first-order chi connectivity index (χ1) is 17.2. The second-order valence-corrected chi connectivity index (χ2v) is 14.7. The SMILES string of the molecule is COC(=O)C12CCC(C)C(C)C1C1=CC(=O)C3C4(C)CC(O)C(O)C(C)(CO)C4CCC3(C)C1(C)CC2. The maximum Gasteiger partial charge on any atom is 0.312 e. The number of fused-ring (bicyclic) bond motifs is 7. The number of carbonyl (C=O) groups is 2. The third kappa shape index (κ3) is 3.15. The van der Waals surface area contributed by atoms with E-state index in [2.05, 4.69) is 34.6 Å². The van der Waals surface area contributed by atoms with Gasteiger partial charge in [0.1, 0.15) is 0 Å². The second-order valence-electron chi connectivity index (χ2n) is 14.7. The Labute approximate surface area is 222 Å². The molecule has 0 heterocycles. The lowest BCUT2D eigenvalue weighted by Gasteiger charge is -2.71. The highest BCUT2D eigenvalue weighted by atomic mass is 16.5. The molecule has 0 aliphatic heterocycles. The minimum atomic E-state index is -1.01. The Hall–Kier alpha value is -1.24. The first-order valence-electron chi connectivity index (χ1n) is 14.5. The average molecular weight is 517 g/mol. The molecule has 37 heavy (non-hydrogen) atoms. The zero-order valence-corrected chi connectivity index (χ0v) is 23.8. The number of hydrogen-bond acceptors (Lipinski definition) is 6. The largest absolute Gasteiger partial charge is 0.469 e. The number of aliphatic hydroxyl groups excluding tert-OH is 3. The zero-order chi connectivity index (χ0) is 27.3. The van der Waals surface area contributed by atoms with Crippen LogP contribution < -0.4 is 0 Å². The Morgan fingerprint density at radius 2 is 1.73 bits per heavy atom. The molecule has 0 aromatic rings. The van der Waals surface area contributed by atoms with Crippen LogP contribution in [-0.2, 0) is 14.3 Å². The van der Waals surface area contributed by atoms with Crippen molar-refractivity contribution in [1.82, 2.24) is 0 Å². The van der Waals surface area contributed by atoms with Crippen molar-refractivity contribution in [2.45, 2.75) is 98.7 Å². The minimum absolute atomic E-state index is 0.0174. The van der Waals surface area contributed by atoms with Crippen molar-refractivity contribution < 1.29 is 29.6 Å². The summed E-state index contributed by atoms with van der Waals surface area (Å²) in [5.74, 6) is 0.284. The molecule has 5 aliphatic carbocycles. The lowest BCUT2D eigenvalue weighted by Crippen LogP contribution is -2.70. The Kier molecular flexibility index (Phi) is 6.19. The van der Waals surface area contributed by atoms with Crippen molar-refractivity contribution in [3.63, 3.8) is 0 Å². The summed E-state index contributed by atoms with van der Waals surface area (Å²) in [5, 5.41) is 32.4. The predicted molar refractivity (Wildman–Crippen MR) is 140 cm³/mol. The van der Waals surface area contributed by atoms with E-state index in [0.717, 1.165) is 44.1 Å². The molecule has 0 aromatic carbocycles. The lowest BCUT2D eigenvalue weighted by atomic mass is 9.33. The molecule has 0 amide bonds. The highest BCUT2D eigenvalue weighted by Gasteiger charge is 2.72. The number of ketones is 1. The van der Waals surface area contributed by atoms with Crippen LogP contribution in [0.15, 0.2) is 11.6 Å². The molecule has 6 nitrogen and oxygen atoms in total. The molecular weight excluding hydrogens is 468 g/mol. The van der Waals surface area contributed by atoms with Crippen LogP contribution >= 0.6 is 0 Å². The fourth-order valence-corrected chi connectivity index (χ4v) is 11.0. The van der Waals surface area contributed by atoms with E-state index in [1.165, 1.54) is 7.11 Å². The van der Waals surface area contributed by atoms with Crippen molar-refractivity contribution in [3.05, 3.63) is 11.6 Å². The molecule has 4 fully saturated rings. The van der Waals surface area contributed by atoms with Gasteiger partial charge in [0.2, 0.25) is 0 Å². The van der Waals surface area contributed by atoms with Crippen LogP contribution in [-0.4, -0.2) is 53.0 Å². The van der Waals surface area contributed by atoms with Crippen molar-refractivity contribution >= 4 is 11.8 Å². The fraction of sp³-hybridized carbons (Fsp3) is 0.871. The van der Waals surface area contributed by atoms with E-state index >= 15 is 0 Å². The van der Waals surface area contributed by atoms with Gasteiger partial charge < -0.3 is 20.1 Å². The number of carbonyl (C=O) groups excluding carboxylic acids is 2. The molecule has 0 bridgehead atoms. The van der Waals surface area contributed by atoms with Crippen LogP contribution in [0, 0.1) is 56.7 Å². The van der Waals surface area contributed by atoms with E-state index in [-0.39, 0.29) is 52.9 Å². The summed E-state index contributed by atoms with van der Waals surface area (Å²) in [6, 6.07) is 0. The molecule has 5 aliphatic rings. The number of rotatable bonds is 2. The van der Waals surface area contributed by atoms with Gasteiger partial charge in [-0.3, -0.25) is 9.59 Å². The van der Waals surface area contributed by atoms with E-state index in [0.29, 0.717) is 12.3 Å². The monoisotopic (exact) mass is 516 g/mol. The fourth-order valence-electron chi connectivity index (χ4n) is 11.0. The summed E-state index contributed by atoms with van der Waals surface area (Å²) >= 11 is 0. The predicted octanol–water partition coefficient (Wildman–Crippen LogP) is 4.30. The minimum Gasteiger partial charge on any atom is -0.469 e. The van der Waals surface area contributed by atoms with E-state index in [1.54, 1.807) is 0 Å². The topological polar surface area (TPSA) is 104 Å².